The van der Waals surface area contributed by atoms with Crippen molar-refractivity contribution < 1.29 is 9.53 Å². The molecule has 202 valence electrons. The zero-order valence-electron chi connectivity index (χ0n) is 22.0. The summed E-state index contributed by atoms with van der Waals surface area (Å²) in [6.07, 6.45) is 5.81. The van der Waals surface area contributed by atoms with E-state index in [1.165, 1.54) is 0 Å². The van der Waals surface area contributed by atoms with Gasteiger partial charge < -0.3 is 19.9 Å². The Labute approximate surface area is 239 Å². The van der Waals surface area contributed by atoms with Crippen molar-refractivity contribution in [3.63, 3.8) is 0 Å². The third-order valence-electron chi connectivity index (χ3n) is 6.81. The summed E-state index contributed by atoms with van der Waals surface area (Å²) in [5.74, 6) is 2.85. The standard InChI is InChI=1S/C30H29ClN4O3.ClH/c1-5-12-38-24-10-6-19(7-11-24)13-25(33)29(37)35-18-30(2,3)27-26(35)16-21(28(36)34(27)4)14-20-8-9-23(31)15-22(20)17-32;/h1,6-11,15-16,25H,12-14,18,33H2,2-4H3;1H/t25-;/m0./s1. The SMILES string of the molecule is C#CCOc1ccc(C[C@H](N)C(=O)N2CC(C)(C)c3c2cc(Cc2ccc(Cl)cc2C#N)c(=O)n3C)cc1.Cl. The number of anilines is 1. The van der Waals surface area contributed by atoms with E-state index in [0.29, 0.717) is 46.1 Å². The molecule has 0 fully saturated rings. The van der Waals surface area contributed by atoms with Gasteiger partial charge in [-0.25, -0.2) is 0 Å². The molecule has 0 saturated heterocycles. The summed E-state index contributed by atoms with van der Waals surface area (Å²) in [6, 6.07) is 15.5. The van der Waals surface area contributed by atoms with E-state index >= 15 is 0 Å². The van der Waals surface area contributed by atoms with Crippen LogP contribution in [0.4, 0.5) is 5.69 Å². The molecule has 1 aromatic heterocycles. The number of fused-ring (bicyclic) bond motifs is 1. The second-order valence-corrected chi connectivity index (χ2v) is 10.5. The first kappa shape index (κ1) is 29.8. The second kappa shape index (κ2) is 12.0. The molecule has 1 aliphatic rings. The zero-order chi connectivity index (χ0) is 27.6. The molecule has 1 atom stereocenters. The predicted molar refractivity (Wildman–Crippen MR) is 156 cm³/mol. The minimum atomic E-state index is -0.781. The van der Waals surface area contributed by atoms with Crippen LogP contribution in [0.25, 0.3) is 0 Å². The summed E-state index contributed by atoms with van der Waals surface area (Å²) in [6.45, 7) is 4.59. The van der Waals surface area contributed by atoms with E-state index in [1.807, 2.05) is 26.0 Å². The van der Waals surface area contributed by atoms with Gasteiger partial charge in [0.15, 0.2) is 0 Å². The van der Waals surface area contributed by atoms with Gasteiger partial charge in [-0.3, -0.25) is 9.59 Å². The molecule has 7 nitrogen and oxygen atoms in total. The first-order chi connectivity index (χ1) is 18.1. The molecular formula is C30H30Cl2N4O3. The monoisotopic (exact) mass is 564 g/mol. The van der Waals surface area contributed by atoms with Crippen LogP contribution in [0, 0.1) is 23.7 Å². The highest BCUT2D eigenvalue weighted by Gasteiger charge is 2.42. The lowest BCUT2D eigenvalue weighted by Crippen LogP contribution is -2.46. The molecule has 2 heterocycles. The maximum absolute atomic E-state index is 13.6. The Morgan fingerprint density at radius 1 is 1.21 bits per heavy atom. The van der Waals surface area contributed by atoms with Gasteiger partial charge in [0.2, 0.25) is 5.91 Å². The molecule has 4 rings (SSSR count). The first-order valence-electron chi connectivity index (χ1n) is 12.2. The summed E-state index contributed by atoms with van der Waals surface area (Å²) in [4.78, 5) is 28.6. The van der Waals surface area contributed by atoms with Crippen molar-refractivity contribution in [3.8, 4) is 24.2 Å². The zero-order valence-corrected chi connectivity index (χ0v) is 23.6. The summed E-state index contributed by atoms with van der Waals surface area (Å²) in [5, 5.41) is 10.00. The number of halogens is 2. The molecule has 2 N–H and O–H groups in total. The number of nitrogens with zero attached hydrogens (tertiary/aromatic N) is 3. The highest BCUT2D eigenvalue weighted by molar-refractivity contribution is 6.30. The Morgan fingerprint density at radius 2 is 1.90 bits per heavy atom. The van der Waals surface area contributed by atoms with Crippen molar-refractivity contribution in [1.29, 1.82) is 5.26 Å². The number of ether oxygens (including phenoxy) is 1. The Morgan fingerprint density at radius 3 is 2.54 bits per heavy atom. The van der Waals surface area contributed by atoms with Gasteiger partial charge in [-0.1, -0.05) is 49.6 Å². The highest BCUT2D eigenvalue weighted by Crippen LogP contribution is 2.40. The van der Waals surface area contributed by atoms with E-state index in [1.54, 1.807) is 52.9 Å². The van der Waals surface area contributed by atoms with Crippen molar-refractivity contribution in [1.82, 2.24) is 4.57 Å². The van der Waals surface area contributed by atoms with Gasteiger partial charge in [-0.15, -0.1) is 18.8 Å². The van der Waals surface area contributed by atoms with E-state index in [2.05, 4.69) is 12.0 Å². The number of amides is 1. The molecule has 0 unspecified atom stereocenters. The number of carbonyl (C=O) groups excluding carboxylic acids is 1. The topological polar surface area (TPSA) is 101 Å². The third-order valence-corrected chi connectivity index (χ3v) is 7.05. The minimum Gasteiger partial charge on any atom is -0.481 e. The Bertz CT molecular complexity index is 1530. The number of nitriles is 1. The van der Waals surface area contributed by atoms with Gasteiger partial charge >= 0.3 is 0 Å². The van der Waals surface area contributed by atoms with Crippen LogP contribution in [0.5, 0.6) is 5.75 Å². The van der Waals surface area contributed by atoms with E-state index in [-0.39, 0.29) is 36.9 Å². The predicted octanol–water partition coefficient (Wildman–Crippen LogP) is 4.13. The van der Waals surface area contributed by atoms with Crippen molar-refractivity contribution in [2.45, 2.75) is 38.1 Å². The molecule has 1 aliphatic heterocycles. The third kappa shape index (κ3) is 6.13. The Kier molecular flexibility index (Phi) is 9.14. The average molecular weight is 566 g/mol. The van der Waals surface area contributed by atoms with Crippen LogP contribution in [0.15, 0.2) is 53.3 Å². The Hall–Kier alpha value is -3.75. The minimum absolute atomic E-state index is 0. The maximum atomic E-state index is 13.6. The number of pyridine rings is 1. The van der Waals surface area contributed by atoms with Crippen molar-refractivity contribution in [2.75, 3.05) is 18.1 Å². The number of terminal acetylenes is 1. The summed E-state index contributed by atoms with van der Waals surface area (Å²) in [7, 11) is 1.72. The first-order valence-corrected chi connectivity index (χ1v) is 12.6. The van der Waals surface area contributed by atoms with Gasteiger partial charge in [-0.2, -0.15) is 5.26 Å². The van der Waals surface area contributed by atoms with Gasteiger partial charge in [-0.05, 0) is 47.9 Å². The fourth-order valence-corrected chi connectivity index (χ4v) is 5.24. The lowest BCUT2D eigenvalue weighted by atomic mass is 9.90. The summed E-state index contributed by atoms with van der Waals surface area (Å²) >= 11 is 6.05. The molecule has 3 aromatic rings. The maximum Gasteiger partial charge on any atom is 0.254 e. The number of hydrogen-bond donors (Lipinski definition) is 1. The molecular weight excluding hydrogens is 535 g/mol. The van der Waals surface area contributed by atoms with Crippen LogP contribution >= 0.6 is 24.0 Å². The number of carbonyl (C=O) groups is 1. The number of hydrogen-bond acceptors (Lipinski definition) is 5. The van der Waals surface area contributed by atoms with Crippen LogP contribution in [0.2, 0.25) is 5.02 Å². The molecule has 0 radical (unpaired) electrons. The van der Waals surface area contributed by atoms with E-state index in [9.17, 15) is 14.9 Å². The molecule has 0 aliphatic carbocycles. The second-order valence-electron chi connectivity index (χ2n) is 10.1. The van der Waals surface area contributed by atoms with Gasteiger partial charge in [0.05, 0.1) is 29.1 Å². The average Bonchev–Trinajstić information content (AvgIpc) is 3.17. The lowest BCUT2D eigenvalue weighted by molar-refractivity contribution is -0.119. The lowest BCUT2D eigenvalue weighted by Gasteiger charge is -2.23. The smallest absolute Gasteiger partial charge is 0.254 e. The molecule has 9 heteroatoms. The van der Waals surface area contributed by atoms with Crippen molar-refractivity contribution in [2.24, 2.45) is 12.8 Å². The number of aromatic nitrogens is 1. The number of benzene rings is 2. The molecule has 2 aromatic carbocycles. The van der Waals surface area contributed by atoms with Gasteiger partial charge in [0.1, 0.15) is 12.4 Å². The Balaban J connectivity index is 0.00000420. The van der Waals surface area contributed by atoms with Crippen LogP contribution in [0.3, 0.4) is 0 Å². The highest BCUT2D eigenvalue weighted by atomic mass is 35.5. The molecule has 1 amide bonds. The molecule has 0 spiro atoms. The van der Waals surface area contributed by atoms with E-state index in [0.717, 1.165) is 11.3 Å². The van der Waals surface area contributed by atoms with Crippen LogP contribution in [-0.2, 0) is 30.1 Å². The fraction of sp³-hybridized carbons (Fsp3) is 0.300. The van der Waals surface area contributed by atoms with E-state index < -0.39 is 11.5 Å². The normalized spacial score (nSPS) is 14.0. The van der Waals surface area contributed by atoms with Crippen molar-refractivity contribution >= 4 is 35.6 Å². The largest absolute Gasteiger partial charge is 0.481 e. The molecule has 39 heavy (non-hydrogen) atoms. The molecule has 0 saturated carbocycles. The van der Waals surface area contributed by atoms with Crippen LogP contribution in [-0.4, -0.2) is 29.7 Å². The number of nitrogens with two attached hydrogens (primary N) is 1. The summed E-state index contributed by atoms with van der Waals surface area (Å²) < 4.78 is 7.02. The molecule has 0 bridgehead atoms. The fourth-order valence-electron chi connectivity index (χ4n) is 5.07. The van der Waals surface area contributed by atoms with Gasteiger partial charge in [0, 0.05) is 36.0 Å². The van der Waals surface area contributed by atoms with Crippen LogP contribution < -0.4 is 20.9 Å². The van der Waals surface area contributed by atoms with Gasteiger partial charge in [0.25, 0.3) is 5.56 Å². The van der Waals surface area contributed by atoms with Crippen LogP contribution in [0.1, 0.15) is 41.8 Å². The number of rotatable bonds is 7. The summed E-state index contributed by atoms with van der Waals surface area (Å²) in [5.41, 5.74) is 9.71. The quantitative estimate of drug-likeness (QED) is 0.435. The van der Waals surface area contributed by atoms with Crippen molar-refractivity contribution in [3.05, 3.63) is 91.9 Å². The van der Waals surface area contributed by atoms with E-state index in [4.69, 9.17) is 28.5 Å².